The first-order valence-corrected chi connectivity index (χ1v) is 49.4. The van der Waals surface area contributed by atoms with E-state index in [2.05, 4.69) is 155 Å². The molecule has 6 fully saturated rings. The first kappa shape index (κ1) is 92.2. The molecular weight excluding hydrogens is 1720 g/mol. The Hall–Kier alpha value is -7.54. The first-order chi connectivity index (χ1) is 56.5. The van der Waals surface area contributed by atoms with Crippen LogP contribution in [0, 0.1) is 6.92 Å². The van der Waals surface area contributed by atoms with E-state index in [1.807, 2.05) is 64.8 Å². The van der Waals surface area contributed by atoms with Crippen LogP contribution in [0.4, 0.5) is 51.7 Å². The van der Waals surface area contributed by atoms with Crippen LogP contribution in [-0.2, 0) is 41.6 Å². The highest BCUT2D eigenvalue weighted by atomic mass is 79.9. The number of anilines is 9. The van der Waals surface area contributed by atoms with Gasteiger partial charge >= 0.3 is 0 Å². The fraction of sp³-hybridized carbons (Fsp3) is 0.488. The second-order valence-corrected chi connectivity index (χ2v) is 41.6. The minimum absolute atomic E-state index is 0. The number of aromatic nitrogens is 8. The number of nitrogen functional groups attached to an aromatic ring is 1. The molecule has 4 aromatic heterocycles. The number of rotatable bonds is 21. The third-order valence-corrected chi connectivity index (χ3v) is 28.1. The van der Waals surface area contributed by atoms with Crippen LogP contribution in [0.2, 0.25) is 5.28 Å². The molecule has 33 heteroatoms. The van der Waals surface area contributed by atoms with Crippen molar-refractivity contribution in [3.05, 3.63) is 153 Å². The molecule has 119 heavy (non-hydrogen) atoms. The van der Waals surface area contributed by atoms with E-state index in [1.54, 1.807) is 77.8 Å². The topological polar surface area (TPSA) is 294 Å². The SMILES string of the molecule is C.CCc1cc(N)c(OC)cc1N1CCC(N2CCN(C)CC2)CC1.CCc1cc(Nc2ncc(Br)c(Nc3ccc(-c4ccnn4C4CCCCO4)cc3P(C)(C)=O)n2)c(OC)cc1N1CCC(N2CCN(C)CC2)CC1.CP(C)(=O)c1cc(-c2ccnn2C2CCCCO2)ccc1Nc1nc(Cl)ncc1Br.Cc1ccc(S(=O)(=O)O)cc1. The van der Waals surface area contributed by atoms with Crippen molar-refractivity contribution in [1.82, 2.24) is 59.1 Å². The van der Waals surface area contributed by atoms with Crippen molar-refractivity contribution in [2.75, 3.05) is 178 Å². The molecule has 6 aliphatic heterocycles. The lowest BCUT2D eigenvalue weighted by Crippen LogP contribution is -2.52. The predicted molar refractivity (Wildman–Crippen MR) is 491 cm³/mol. The Morgan fingerprint density at radius 3 is 1.44 bits per heavy atom. The van der Waals surface area contributed by atoms with E-state index in [0.717, 1.165) is 177 Å². The molecule has 0 radical (unpaired) electrons. The fourth-order valence-electron chi connectivity index (χ4n) is 16.1. The standard InChI is InChI=1S/C39H53BrN9O3P.C20H22BrClN5O2P.C19H32N4O.C7H8O3S.CH4/c1-6-27-23-32(35(51-3)25-34(27)48-16-13-29(14-17-48)47-20-18-46(2)19-21-47)44-39-41-26-30(40)38(45-39)43-31-11-10-28(24-36(31)53(4,5)50)33-12-15-42-49(33)37-9-7-8-22-52-37;1-30(2,28)17-11-13(16-8-9-24-27(16)18-5-3-4-10-29-18)6-7-15(17)25-19-14(21)12-23-20(22)26-19;1-4-15-13-17(20)19(24-3)14-18(15)23-7-5-16(6-8-23)22-11-9-21(2)10-12-22;1-6-2-4-7(5-3-6)11(8,9)10;/h10-12,15,23-26,29,37H,6-9,13-14,16-22H2,1-5H3,(H2,41,43,44,45);6-9,11-12,18H,3-5,10H2,1-2H3,(H,23,25,26);13-14,16H,4-12,20H2,1-3H3;2-5H,1H3,(H,8,9,10);1H4. The molecule has 0 spiro atoms. The van der Waals surface area contributed by atoms with Gasteiger partial charge in [-0.15, -0.1) is 0 Å². The Labute approximate surface area is 725 Å². The Bertz CT molecular complexity index is 5070. The summed E-state index contributed by atoms with van der Waals surface area (Å²) in [5.41, 5.74) is 18.9. The van der Waals surface area contributed by atoms with Gasteiger partial charge in [-0.05, 0) is 240 Å². The molecule has 10 heterocycles. The van der Waals surface area contributed by atoms with E-state index in [-0.39, 0.29) is 30.1 Å². The van der Waals surface area contributed by atoms with E-state index in [9.17, 15) is 17.5 Å². The third kappa shape index (κ3) is 24.0. The summed E-state index contributed by atoms with van der Waals surface area (Å²) >= 11 is 13.0. The van der Waals surface area contributed by atoms with E-state index < -0.39 is 24.4 Å². The molecule has 6 N–H and O–H groups in total. The number of nitrogens with zero attached hydrogens (tertiary/aromatic N) is 14. The monoisotopic (exact) mass is 1830 g/mol. The zero-order valence-electron chi connectivity index (χ0n) is 69.7. The zero-order valence-corrected chi connectivity index (χ0v) is 76.3. The van der Waals surface area contributed by atoms with E-state index in [1.165, 1.54) is 99.6 Å². The molecule has 2 atom stereocenters. The van der Waals surface area contributed by atoms with Gasteiger partial charge in [-0.2, -0.15) is 28.6 Å². The molecule has 0 saturated carbocycles. The number of hydrogen-bond donors (Lipinski definition) is 5. The summed E-state index contributed by atoms with van der Waals surface area (Å²) in [5, 5.41) is 20.8. The second kappa shape index (κ2) is 42.0. The molecule has 9 aromatic rings. The molecule has 0 bridgehead atoms. The lowest BCUT2D eigenvalue weighted by molar-refractivity contribution is -0.0384. The highest BCUT2D eigenvalue weighted by molar-refractivity contribution is 9.11. The molecule has 15 rings (SSSR count). The lowest BCUT2D eigenvalue weighted by atomic mass is 9.99. The van der Waals surface area contributed by atoms with Gasteiger partial charge in [0.25, 0.3) is 10.1 Å². The molecule has 2 unspecified atom stereocenters. The maximum Gasteiger partial charge on any atom is 0.294 e. The van der Waals surface area contributed by atoms with Gasteiger partial charge in [0.15, 0.2) is 12.5 Å². The number of hydrogen-bond acceptors (Lipinski definition) is 24. The summed E-state index contributed by atoms with van der Waals surface area (Å²) in [5.74, 6) is 3.03. The Morgan fingerprint density at radius 1 is 0.563 bits per heavy atom. The average molecular weight is 1840 g/mol. The number of piperazine rings is 2. The number of likely N-dealkylation sites (N-methyl/N-ethyl adjacent to an activating group) is 2. The number of nitrogens with two attached hydrogens (primary N) is 1. The van der Waals surface area contributed by atoms with Gasteiger partial charge < -0.3 is 69.4 Å². The largest absolute Gasteiger partial charge is 0.495 e. The van der Waals surface area contributed by atoms with Gasteiger partial charge in [0, 0.05) is 174 Å². The highest BCUT2D eigenvalue weighted by Crippen LogP contribution is 2.45. The number of nitrogens with one attached hydrogen (secondary N) is 3. The molecule has 5 aromatic carbocycles. The van der Waals surface area contributed by atoms with Gasteiger partial charge in [-0.25, -0.2) is 19.3 Å². The predicted octanol–water partition coefficient (Wildman–Crippen LogP) is 16.7. The third-order valence-electron chi connectivity index (χ3n) is 22.8. The van der Waals surface area contributed by atoms with Crippen LogP contribution >= 0.6 is 57.7 Å². The summed E-state index contributed by atoms with van der Waals surface area (Å²) in [6, 6.07) is 31.7. The molecule has 27 nitrogen and oxygen atoms in total. The lowest BCUT2D eigenvalue weighted by Gasteiger charge is -2.43. The number of methoxy groups -OCH3 is 2. The van der Waals surface area contributed by atoms with Crippen molar-refractivity contribution >= 4 is 130 Å². The Kier molecular flexibility index (Phi) is 32.6. The summed E-state index contributed by atoms with van der Waals surface area (Å²) < 4.78 is 85.0. The van der Waals surface area contributed by atoms with Crippen LogP contribution < -0.4 is 51.6 Å². The molecule has 6 aliphatic rings. The maximum atomic E-state index is 13.7. The van der Waals surface area contributed by atoms with Crippen LogP contribution in [0.1, 0.15) is 115 Å². The molecule has 644 valence electrons. The zero-order chi connectivity index (χ0) is 84.0. The van der Waals surface area contributed by atoms with Gasteiger partial charge in [0.1, 0.15) is 37.4 Å². The fourth-order valence-corrected chi connectivity index (χ4v) is 19.6. The number of aryl methyl sites for hydroxylation is 3. The van der Waals surface area contributed by atoms with E-state index in [4.69, 9.17) is 45.8 Å². The average Bonchev–Trinajstić information content (AvgIpc) is 1.77. The number of piperidine rings is 2. The molecular formula is C86H119Br2ClN18O9P2S. The Balaban J connectivity index is 0.000000176. The highest BCUT2D eigenvalue weighted by Gasteiger charge is 2.32. The maximum absolute atomic E-state index is 13.7. The van der Waals surface area contributed by atoms with Crippen molar-refractivity contribution < 1.29 is 41.0 Å². The van der Waals surface area contributed by atoms with Crippen molar-refractivity contribution in [3.8, 4) is 34.0 Å². The van der Waals surface area contributed by atoms with Crippen molar-refractivity contribution in [1.29, 1.82) is 0 Å². The van der Waals surface area contributed by atoms with Crippen molar-refractivity contribution in [2.45, 2.75) is 135 Å². The Morgan fingerprint density at radius 2 is 1.01 bits per heavy atom. The van der Waals surface area contributed by atoms with Crippen LogP contribution in [0.5, 0.6) is 11.5 Å². The van der Waals surface area contributed by atoms with Crippen LogP contribution in [0.15, 0.2) is 136 Å². The van der Waals surface area contributed by atoms with Gasteiger partial charge in [0.05, 0.1) is 62.2 Å². The number of ether oxygens (including phenoxy) is 4. The summed E-state index contributed by atoms with van der Waals surface area (Å²) in [7, 11) is -1.51. The van der Waals surface area contributed by atoms with E-state index >= 15 is 0 Å². The summed E-state index contributed by atoms with van der Waals surface area (Å²) in [6.45, 7) is 28.6. The van der Waals surface area contributed by atoms with Crippen LogP contribution in [0.3, 0.4) is 0 Å². The van der Waals surface area contributed by atoms with Gasteiger partial charge in [-0.3, -0.25) is 14.4 Å². The minimum atomic E-state index is -4.02. The second-order valence-electron chi connectivity index (χ2n) is 31.7. The molecule has 0 aliphatic carbocycles. The minimum Gasteiger partial charge on any atom is -0.495 e. The quantitative estimate of drug-likeness (QED) is 0.0193. The van der Waals surface area contributed by atoms with Crippen molar-refractivity contribution in [2.24, 2.45) is 0 Å². The molecule has 6 saturated heterocycles. The first-order valence-electron chi connectivity index (χ1n) is 40.8. The van der Waals surface area contributed by atoms with Crippen LogP contribution in [0.25, 0.3) is 22.5 Å². The molecule has 0 amide bonds. The smallest absolute Gasteiger partial charge is 0.294 e. The van der Waals surface area contributed by atoms with E-state index in [0.29, 0.717) is 38.3 Å². The van der Waals surface area contributed by atoms with Crippen molar-refractivity contribution in [3.63, 3.8) is 0 Å². The summed E-state index contributed by atoms with van der Waals surface area (Å²) in [6.07, 6.45) is 19.7. The van der Waals surface area contributed by atoms with Gasteiger partial charge in [0.2, 0.25) is 11.2 Å². The normalized spacial score (nSPS) is 18.3. The van der Waals surface area contributed by atoms with Crippen LogP contribution in [-0.4, -0.2) is 231 Å². The summed E-state index contributed by atoms with van der Waals surface area (Å²) in [4.78, 5) is 32.8. The van der Waals surface area contributed by atoms with Gasteiger partial charge in [-0.1, -0.05) is 51.1 Å². The number of halogens is 3. The number of benzene rings is 5.